The van der Waals surface area contributed by atoms with Crippen molar-refractivity contribution in [3.05, 3.63) is 0 Å². The Bertz CT molecular complexity index is 143. The Hall–Kier alpha value is 0.500. The number of rotatable bonds is 0. The molecule has 4 heteroatoms. The Kier molecular flexibility index (Phi) is 4.85. The molecule has 0 aromatic heterocycles. The second-order valence-electron chi connectivity index (χ2n) is 3.95. The summed E-state index contributed by atoms with van der Waals surface area (Å²) in [6, 6.07) is 0. The first-order chi connectivity index (χ1) is 4.81. The summed E-state index contributed by atoms with van der Waals surface area (Å²) in [5, 5.41) is 6.92. The summed E-state index contributed by atoms with van der Waals surface area (Å²) in [5.74, 6) is 0.939. The van der Waals surface area contributed by atoms with E-state index in [9.17, 15) is 0 Å². The molecule has 0 spiro atoms. The number of halogens is 2. The maximum absolute atomic E-state index is 3.46. The van der Waals surface area contributed by atoms with Crippen LogP contribution in [-0.4, -0.2) is 26.2 Å². The number of piperidine rings is 1. The molecule has 2 aliphatic heterocycles. The van der Waals surface area contributed by atoms with Crippen molar-refractivity contribution in [3.63, 3.8) is 0 Å². The first-order valence-electron chi connectivity index (χ1n) is 4.23. The SMILES string of the molecule is C[C@@]12CNCC[C@@H]1CNC2.Cl.Cl. The van der Waals surface area contributed by atoms with Gasteiger partial charge in [-0.05, 0) is 30.8 Å². The van der Waals surface area contributed by atoms with Crippen molar-refractivity contribution >= 4 is 24.8 Å². The largest absolute Gasteiger partial charge is 0.316 e. The number of hydrogen-bond acceptors (Lipinski definition) is 2. The van der Waals surface area contributed by atoms with Gasteiger partial charge < -0.3 is 10.6 Å². The van der Waals surface area contributed by atoms with Crippen LogP contribution >= 0.6 is 24.8 Å². The lowest BCUT2D eigenvalue weighted by Gasteiger charge is -2.35. The van der Waals surface area contributed by atoms with Crippen molar-refractivity contribution < 1.29 is 0 Å². The summed E-state index contributed by atoms with van der Waals surface area (Å²) in [4.78, 5) is 0. The van der Waals surface area contributed by atoms with Crippen LogP contribution in [0.25, 0.3) is 0 Å². The van der Waals surface area contributed by atoms with Gasteiger partial charge in [-0.15, -0.1) is 24.8 Å². The summed E-state index contributed by atoms with van der Waals surface area (Å²) in [6.45, 7) is 7.29. The van der Waals surface area contributed by atoms with Gasteiger partial charge in [0.1, 0.15) is 0 Å². The molecule has 0 aromatic rings. The third-order valence-corrected chi connectivity index (χ3v) is 3.10. The minimum Gasteiger partial charge on any atom is -0.316 e. The third-order valence-electron chi connectivity index (χ3n) is 3.10. The van der Waals surface area contributed by atoms with Crippen LogP contribution in [0.4, 0.5) is 0 Å². The van der Waals surface area contributed by atoms with E-state index in [2.05, 4.69) is 17.6 Å². The lowest BCUT2D eigenvalue weighted by molar-refractivity contribution is 0.193. The highest BCUT2D eigenvalue weighted by Gasteiger charge is 2.39. The van der Waals surface area contributed by atoms with Gasteiger partial charge in [0.05, 0.1) is 0 Å². The summed E-state index contributed by atoms with van der Waals surface area (Å²) in [7, 11) is 0. The molecule has 2 atom stereocenters. The Labute approximate surface area is 86.7 Å². The van der Waals surface area contributed by atoms with Gasteiger partial charge in [0.25, 0.3) is 0 Å². The van der Waals surface area contributed by atoms with Crippen LogP contribution in [0, 0.1) is 11.3 Å². The molecule has 2 aliphatic rings. The summed E-state index contributed by atoms with van der Waals surface area (Å²) in [6.07, 6.45) is 1.36. The van der Waals surface area contributed by atoms with E-state index in [-0.39, 0.29) is 24.8 Å². The molecular weight excluding hydrogens is 195 g/mol. The summed E-state index contributed by atoms with van der Waals surface area (Å²) >= 11 is 0. The highest BCUT2D eigenvalue weighted by Crippen LogP contribution is 2.34. The van der Waals surface area contributed by atoms with Crippen molar-refractivity contribution in [2.45, 2.75) is 13.3 Å². The van der Waals surface area contributed by atoms with Crippen molar-refractivity contribution in [1.82, 2.24) is 10.6 Å². The maximum atomic E-state index is 3.46. The highest BCUT2D eigenvalue weighted by molar-refractivity contribution is 5.85. The van der Waals surface area contributed by atoms with E-state index >= 15 is 0 Å². The van der Waals surface area contributed by atoms with Crippen molar-refractivity contribution in [3.8, 4) is 0 Å². The zero-order valence-corrected chi connectivity index (χ0v) is 9.06. The molecule has 0 unspecified atom stereocenters. The van der Waals surface area contributed by atoms with Crippen LogP contribution in [0.1, 0.15) is 13.3 Å². The summed E-state index contributed by atoms with van der Waals surface area (Å²) < 4.78 is 0. The van der Waals surface area contributed by atoms with E-state index in [1.54, 1.807) is 0 Å². The fourth-order valence-electron chi connectivity index (χ4n) is 2.23. The summed E-state index contributed by atoms with van der Waals surface area (Å²) in [5.41, 5.74) is 0.568. The maximum Gasteiger partial charge on any atom is 0.00206 e. The molecule has 74 valence electrons. The Morgan fingerprint density at radius 3 is 2.50 bits per heavy atom. The van der Waals surface area contributed by atoms with Crippen LogP contribution < -0.4 is 10.6 Å². The van der Waals surface area contributed by atoms with E-state index in [0.717, 1.165) is 5.92 Å². The van der Waals surface area contributed by atoms with Gasteiger partial charge in [0.15, 0.2) is 0 Å². The number of fused-ring (bicyclic) bond motifs is 1. The molecule has 2 saturated heterocycles. The van der Waals surface area contributed by atoms with Crippen molar-refractivity contribution in [1.29, 1.82) is 0 Å². The molecule has 2 rings (SSSR count). The van der Waals surface area contributed by atoms with Gasteiger partial charge in [-0.3, -0.25) is 0 Å². The number of nitrogens with one attached hydrogen (secondary N) is 2. The Balaban J connectivity index is 0.000000605. The van der Waals surface area contributed by atoms with Crippen molar-refractivity contribution in [2.75, 3.05) is 26.2 Å². The second-order valence-corrected chi connectivity index (χ2v) is 3.95. The molecule has 0 saturated carbocycles. The van der Waals surface area contributed by atoms with Crippen LogP contribution in [0.3, 0.4) is 0 Å². The Morgan fingerprint density at radius 2 is 1.83 bits per heavy atom. The van der Waals surface area contributed by atoms with Gasteiger partial charge >= 0.3 is 0 Å². The lowest BCUT2D eigenvalue weighted by atomic mass is 9.76. The monoisotopic (exact) mass is 212 g/mol. The van der Waals surface area contributed by atoms with Gasteiger partial charge in [-0.1, -0.05) is 6.92 Å². The van der Waals surface area contributed by atoms with Crippen LogP contribution in [0.2, 0.25) is 0 Å². The molecule has 2 heterocycles. The third kappa shape index (κ3) is 2.05. The molecule has 0 bridgehead atoms. The molecule has 0 aromatic carbocycles. The molecule has 2 fully saturated rings. The molecule has 0 amide bonds. The van der Waals surface area contributed by atoms with E-state index in [0.29, 0.717) is 5.41 Å². The van der Waals surface area contributed by atoms with Crippen LogP contribution in [-0.2, 0) is 0 Å². The van der Waals surface area contributed by atoms with E-state index < -0.39 is 0 Å². The van der Waals surface area contributed by atoms with Gasteiger partial charge in [-0.2, -0.15) is 0 Å². The fourth-order valence-corrected chi connectivity index (χ4v) is 2.23. The molecule has 0 radical (unpaired) electrons. The van der Waals surface area contributed by atoms with Gasteiger partial charge in [0, 0.05) is 13.1 Å². The number of hydrogen-bond donors (Lipinski definition) is 2. The average molecular weight is 213 g/mol. The fraction of sp³-hybridized carbons (Fsp3) is 1.00. The molecule has 0 aliphatic carbocycles. The topological polar surface area (TPSA) is 24.1 Å². The lowest BCUT2D eigenvalue weighted by Crippen LogP contribution is -2.44. The Morgan fingerprint density at radius 1 is 1.17 bits per heavy atom. The van der Waals surface area contributed by atoms with E-state index in [4.69, 9.17) is 0 Å². The van der Waals surface area contributed by atoms with Gasteiger partial charge in [-0.25, -0.2) is 0 Å². The minimum absolute atomic E-state index is 0. The first kappa shape index (κ1) is 12.5. The predicted octanol–water partition coefficient (Wildman–Crippen LogP) is 1.05. The minimum atomic E-state index is 0. The quantitative estimate of drug-likeness (QED) is 0.628. The van der Waals surface area contributed by atoms with Crippen LogP contribution in [0.5, 0.6) is 0 Å². The molecule has 2 nitrogen and oxygen atoms in total. The van der Waals surface area contributed by atoms with E-state index in [1.165, 1.54) is 32.6 Å². The predicted molar refractivity (Wildman–Crippen MR) is 56.4 cm³/mol. The molecule has 2 N–H and O–H groups in total. The van der Waals surface area contributed by atoms with E-state index in [1.807, 2.05) is 0 Å². The van der Waals surface area contributed by atoms with Gasteiger partial charge in [0.2, 0.25) is 0 Å². The standard InChI is InChI=1S/C8H16N2.2ClH/c1-8-5-9-3-2-7(8)4-10-6-8;;/h7,9-10H,2-6H2,1H3;2*1H/t7-,8+;;/m1../s1. The van der Waals surface area contributed by atoms with Crippen molar-refractivity contribution in [2.24, 2.45) is 11.3 Å². The highest BCUT2D eigenvalue weighted by atomic mass is 35.5. The normalized spacial score (nSPS) is 39.2. The smallest absolute Gasteiger partial charge is 0.00206 e. The second kappa shape index (κ2) is 4.66. The molecule has 12 heavy (non-hydrogen) atoms. The zero-order valence-electron chi connectivity index (χ0n) is 7.43. The average Bonchev–Trinajstić information content (AvgIpc) is 2.29. The molecular formula is C8H18Cl2N2. The van der Waals surface area contributed by atoms with Crippen LogP contribution in [0.15, 0.2) is 0 Å². The zero-order chi connectivity index (χ0) is 7.03. The first-order valence-corrected chi connectivity index (χ1v) is 4.23.